The second-order valence-electron chi connectivity index (χ2n) is 4.91. The molecule has 0 atom stereocenters. The van der Waals surface area contributed by atoms with Crippen LogP contribution < -0.4 is 4.90 Å². The summed E-state index contributed by atoms with van der Waals surface area (Å²) < 4.78 is 5.67. The SMILES string of the molecule is CN1CCOCC12CCN(c1nncs1)CC2. The van der Waals surface area contributed by atoms with Gasteiger partial charge in [0, 0.05) is 25.2 Å². The number of ether oxygens (including phenoxy) is 1. The number of nitrogens with zero attached hydrogens (tertiary/aromatic N) is 4. The molecule has 0 aromatic carbocycles. The van der Waals surface area contributed by atoms with Crippen molar-refractivity contribution in [1.29, 1.82) is 0 Å². The lowest BCUT2D eigenvalue weighted by molar-refractivity contribution is -0.0669. The van der Waals surface area contributed by atoms with Crippen LogP contribution in [0.1, 0.15) is 12.8 Å². The Balaban J connectivity index is 1.67. The number of piperidine rings is 1. The maximum atomic E-state index is 5.67. The van der Waals surface area contributed by atoms with E-state index < -0.39 is 0 Å². The van der Waals surface area contributed by atoms with Crippen molar-refractivity contribution in [2.75, 3.05) is 44.8 Å². The fourth-order valence-electron chi connectivity index (χ4n) is 2.76. The Morgan fingerprint density at radius 3 is 2.82 bits per heavy atom. The highest BCUT2D eigenvalue weighted by molar-refractivity contribution is 7.13. The highest BCUT2D eigenvalue weighted by Gasteiger charge is 2.40. The summed E-state index contributed by atoms with van der Waals surface area (Å²) in [6.45, 7) is 4.93. The minimum Gasteiger partial charge on any atom is -0.378 e. The van der Waals surface area contributed by atoms with Crippen molar-refractivity contribution in [2.24, 2.45) is 0 Å². The molecule has 3 rings (SSSR count). The molecule has 2 fully saturated rings. The lowest BCUT2D eigenvalue weighted by Gasteiger charge is -2.49. The Bertz CT molecular complexity index is 362. The van der Waals surface area contributed by atoms with E-state index in [0.717, 1.165) is 50.8 Å². The Hall–Kier alpha value is -0.720. The van der Waals surface area contributed by atoms with E-state index >= 15 is 0 Å². The zero-order valence-corrected chi connectivity index (χ0v) is 10.9. The number of rotatable bonds is 1. The summed E-state index contributed by atoms with van der Waals surface area (Å²) in [4.78, 5) is 4.82. The minimum absolute atomic E-state index is 0.263. The van der Waals surface area contributed by atoms with Crippen LogP contribution in [0.15, 0.2) is 5.51 Å². The summed E-state index contributed by atoms with van der Waals surface area (Å²) in [5.41, 5.74) is 2.06. The Labute approximate surface area is 105 Å². The molecule has 5 nitrogen and oxygen atoms in total. The molecule has 0 bridgehead atoms. The zero-order chi connectivity index (χ0) is 11.7. The molecule has 1 spiro atoms. The number of morpholine rings is 1. The summed E-state index contributed by atoms with van der Waals surface area (Å²) in [5, 5.41) is 9.11. The van der Waals surface area contributed by atoms with E-state index in [1.807, 2.05) is 0 Å². The molecule has 2 aliphatic heterocycles. The third-order valence-electron chi connectivity index (χ3n) is 4.06. The Morgan fingerprint density at radius 2 is 2.18 bits per heavy atom. The highest BCUT2D eigenvalue weighted by Crippen LogP contribution is 2.32. The van der Waals surface area contributed by atoms with Crippen molar-refractivity contribution in [3.8, 4) is 0 Å². The quantitative estimate of drug-likeness (QED) is 0.743. The van der Waals surface area contributed by atoms with Gasteiger partial charge in [-0.2, -0.15) is 0 Å². The van der Waals surface area contributed by atoms with Crippen molar-refractivity contribution in [3.63, 3.8) is 0 Å². The first kappa shape index (κ1) is 11.4. The summed E-state index contributed by atoms with van der Waals surface area (Å²) in [6, 6.07) is 0. The van der Waals surface area contributed by atoms with Gasteiger partial charge in [-0.25, -0.2) is 0 Å². The fraction of sp³-hybridized carbons (Fsp3) is 0.818. The van der Waals surface area contributed by atoms with Crippen LogP contribution in [0.3, 0.4) is 0 Å². The van der Waals surface area contributed by atoms with Crippen LogP contribution in [0.2, 0.25) is 0 Å². The van der Waals surface area contributed by atoms with Gasteiger partial charge in [0.05, 0.1) is 13.2 Å². The van der Waals surface area contributed by atoms with E-state index in [1.165, 1.54) is 0 Å². The van der Waals surface area contributed by atoms with Gasteiger partial charge < -0.3 is 9.64 Å². The Kier molecular flexibility index (Phi) is 3.02. The first-order chi connectivity index (χ1) is 8.30. The lowest BCUT2D eigenvalue weighted by atomic mass is 9.86. The number of hydrogen-bond acceptors (Lipinski definition) is 6. The van der Waals surface area contributed by atoms with Gasteiger partial charge in [0.2, 0.25) is 5.13 Å². The van der Waals surface area contributed by atoms with E-state index in [4.69, 9.17) is 4.74 Å². The molecule has 0 unspecified atom stereocenters. The molecule has 2 aliphatic rings. The van der Waals surface area contributed by atoms with Crippen molar-refractivity contribution in [2.45, 2.75) is 18.4 Å². The first-order valence-electron chi connectivity index (χ1n) is 6.10. The predicted molar refractivity (Wildman–Crippen MR) is 67.5 cm³/mol. The van der Waals surface area contributed by atoms with E-state index in [-0.39, 0.29) is 5.54 Å². The molecule has 94 valence electrons. The minimum atomic E-state index is 0.263. The summed E-state index contributed by atoms with van der Waals surface area (Å²) >= 11 is 1.62. The molecule has 0 amide bonds. The number of hydrogen-bond donors (Lipinski definition) is 0. The number of likely N-dealkylation sites (N-methyl/N-ethyl adjacent to an activating group) is 1. The average Bonchev–Trinajstić information content (AvgIpc) is 2.88. The van der Waals surface area contributed by atoms with Gasteiger partial charge in [0.25, 0.3) is 0 Å². The van der Waals surface area contributed by atoms with Crippen LogP contribution in [-0.2, 0) is 4.74 Å². The van der Waals surface area contributed by atoms with Crippen LogP contribution >= 0.6 is 11.3 Å². The molecule has 2 saturated heterocycles. The van der Waals surface area contributed by atoms with E-state index in [9.17, 15) is 0 Å². The Morgan fingerprint density at radius 1 is 1.35 bits per heavy atom. The molecule has 0 aliphatic carbocycles. The molecule has 1 aromatic rings. The monoisotopic (exact) mass is 254 g/mol. The first-order valence-corrected chi connectivity index (χ1v) is 6.98. The second kappa shape index (κ2) is 4.51. The van der Waals surface area contributed by atoms with Gasteiger partial charge in [0.15, 0.2) is 0 Å². The highest BCUT2D eigenvalue weighted by atomic mass is 32.1. The van der Waals surface area contributed by atoms with Gasteiger partial charge in [-0.1, -0.05) is 11.3 Å². The summed E-state index contributed by atoms with van der Waals surface area (Å²) in [7, 11) is 2.23. The van der Waals surface area contributed by atoms with Gasteiger partial charge in [0.1, 0.15) is 5.51 Å². The third kappa shape index (κ3) is 2.05. The maximum absolute atomic E-state index is 5.67. The largest absolute Gasteiger partial charge is 0.378 e. The van der Waals surface area contributed by atoms with Gasteiger partial charge >= 0.3 is 0 Å². The molecule has 3 heterocycles. The van der Waals surface area contributed by atoms with Crippen molar-refractivity contribution in [3.05, 3.63) is 5.51 Å². The average molecular weight is 254 g/mol. The van der Waals surface area contributed by atoms with Crippen LogP contribution in [-0.4, -0.2) is 60.5 Å². The van der Waals surface area contributed by atoms with Crippen LogP contribution in [0.4, 0.5) is 5.13 Å². The lowest BCUT2D eigenvalue weighted by Crippen LogP contribution is -2.60. The van der Waals surface area contributed by atoms with Crippen molar-refractivity contribution < 1.29 is 4.74 Å². The normalized spacial score (nSPS) is 25.4. The maximum Gasteiger partial charge on any atom is 0.208 e. The molecule has 6 heteroatoms. The van der Waals surface area contributed by atoms with E-state index in [1.54, 1.807) is 16.8 Å². The molecular formula is C11H18N4OS. The molecule has 17 heavy (non-hydrogen) atoms. The third-order valence-corrected chi connectivity index (χ3v) is 4.82. The topological polar surface area (TPSA) is 41.5 Å². The smallest absolute Gasteiger partial charge is 0.208 e. The van der Waals surface area contributed by atoms with Crippen molar-refractivity contribution >= 4 is 16.5 Å². The van der Waals surface area contributed by atoms with Crippen LogP contribution in [0.5, 0.6) is 0 Å². The van der Waals surface area contributed by atoms with Gasteiger partial charge in [-0.3, -0.25) is 4.90 Å². The molecule has 0 radical (unpaired) electrons. The van der Waals surface area contributed by atoms with E-state index in [2.05, 4.69) is 27.0 Å². The zero-order valence-electron chi connectivity index (χ0n) is 10.1. The fourth-order valence-corrected chi connectivity index (χ4v) is 3.37. The number of aromatic nitrogens is 2. The molecule has 0 saturated carbocycles. The molecule has 1 aromatic heterocycles. The summed E-state index contributed by atoms with van der Waals surface area (Å²) in [6.07, 6.45) is 2.31. The van der Waals surface area contributed by atoms with E-state index in [0.29, 0.717) is 0 Å². The predicted octanol–water partition coefficient (Wildman–Crippen LogP) is 0.839. The molecular weight excluding hydrogens is 236 g/mol. The van der Waals surface area contributed by atoms with Crippen molar-refractivity contribution in [1.82, 2.24) is 15.1 Å². The van der Waals surface area contributed by atoms with Gasteiger partial charge in [-0.05, 0) is 19.9 Å². The standard InChI is InChI=1S/C11H18N4OS/c1-14-6-7-16-8-11(14)2-4-15(5-3-11)10-13-12-9-17-10/h9H,2-8H2,1H3. The van der Waals surface area contributed by atoms with Gasteiger partial charge in [-0.15, -0.1) is 10.2 Å². The summed E-state index contributed by atoms with van der Waals surface area (Å²) in [5.74, 6) is 0. The molecule has 0 N–H and O–H groups in total. The number of anilines is 1. The van der Waals surface area contributed by atoms with Crippen LogP contribution in [0, 0.1) is 0 Å². The second-order valence-corrected chi connectivity index (χ2v) is 5.72. The van der Waals surface area contributed by atoms with Crippen LogP contribution in [0.25, 0.3) is 0 Å².